The third-order valence-electron chi connectivity index (χ3n) is 3.49. The Balaban J connectivity index is 1.94. The number of nitrogens with zero attached hydrogens (tertiary/aromatic N) is 1. The van der Waals surface area contributed by atoms with Crippen molar-refractivity contribution in [3.63, 3.8) is 0 Å². The Morgan fingerprint density at radius 2 is 1.94 bits per heavy atom. The van der Waals surface area contributed by atoms with Crippen LogP contribution >= 0.6 is 0 Å². The minimum Gasteiger partial charge on any atom is -0.297 e. The van der Waals surface area contributed by atoms with Gasteiger partial charge in [-0.2, -0.15) is 0 Å². The Hall–Kier alpha value is -2.10. The van der Waals surface area contributed by atoms with Crippen LogP contribution in [0.3, 0.4) is 0 Å². The maximum Gasteiger partial charge on any atom is 0.328 e. The lowest BCUT2D eigenvalue weighted by Crippen LogP contribution is -2.30. The number of hydrogen-bond acceptors (Lipinski definition) is 2. The van der Waals surface area contributed by atoms with E-state index >= 15 is 0 Å². The van der Waals surface area contributed by atoms with Crippen molar-refractivity contribution < 1.29 is 0 Å². The summed E-state index contributed by atoms with van der Waals surface area (Å²) in [6, 6.07) is 10.3. The molecule has 0 radical (unpaired) electrons. The van der Waals surface area contributed by atoms with Crippen LogP contribution in [0.2, 0.25) is 0 Å². The second kappa shape index (κ2) is 3.98. The van der Waals surface area contributed by atoms with Gasteiger partial charge in [-0.25, -0.2) is 4.79 Å². The van der Waals surface area contributed by atoms with Crippen molar-refractivity contribution in [1.82, 2.24) is 9.55 Å². The second-order valence-electron chi connectivity index (χ2n) is 4.80. The fourth-order valence-electron chi connectivity index (χ4n) is 2.38. The molecule has 1 aliphatic rings. The predicted molar refractivity (Wildman–Crippen MR) is 68.9 cm³/mol. The maximum atomic E-state index is 11.8. The average molecular weight is 242 g/mol. The van der Waals surface area contributed by atoms with Crippen LogP contribution in [0.5, 0.6) is 0 Å². The van der Waals surface area contributed by atoms with E-state index in [9.17, 15) is 9.59 Å². The van der Waals surface area contributed by atoms with Crippen LogP contribution in [0.25, 0.3) is 0 Å². The zero-order valence-corrected chi connectivity index (χ0v) is 10.1. The van der Waals surface area contributed by atoms with E-state index in [-0.39, 0.29) is 17.3 Å². The van der Waals surface area contributed by atoms with Gasteiger partial charge in [0.15, 0.2) is 0 Å². The normalized spacial score (nSPS) is 21.8. The average Bonchev–Trinajstić information content (AvgIpc) is 3.15. The molecule has 3 rings (SSSR count). The third kappa shape index (κ3) is 1.79. The van der Waals surface area contributed by atoms with E-state index in [4.69, 9.17) is 0 Å². The summed E-state index contributed by atoms with van der Waals surface area (Å²) in [6.45, 7) is 1.72. The van der Waals surface area contributed by atoms with E-state index in [2.05, 4.69) is 17.1 Å². The summed E-state index contributed by atoms with van der Waals surface area (Å²) in [4.78, 5) is 25.4. The molecule has 0 aliphatic heterocycles. The van der Waals surface area contributed by atoms with Gasteiger partial charge in [-0.3, -0.25) is 14.3 Å². The lowest BCUT2D eigenvalue weighted by molar-refractivity contribution is 0.653. The Labute approximate surface area is 104 Å². The Morgan fingerprint density at radius 3 is 2.67 bits per heavy atom. The zero-order chi connectivity index (χ0) is 12.7. The van der Waals surface area contributed by atoms with Crippen LogP contribution in [0.4, 0.5) is 0 Å². The quantitative estimate of drug-likeness (QED) is 0.869. The number of aromatic amines is 1. The van der Waals surface area contributed by atoms with Crippen LogP contribution in [-0.4, -0.2) is 9.55 Å². The van der Waals surface area contributed by atoms with Gasteiger partial charge in [-0.15, -0.1) is 0 Å². The summed E-state index contributed by atoms with van der Waals surface area (Å²) in [6.07, 6.45) is 2.62. The molecule has 4 nitrogen and oxygen atoms in total. The van der Waals surface area contributed by atoms with Crippen molar-refractivity contribution in [2.45, 2.75) is 25.3 Å². The van der Waals surface area contributed by atoms with Crippen molar-refractivity contribution >= 4 is 0 Å². The first-order valence-electron chi connectivity index (χ1n) is 6.04. The van der Waals surface area contributed by atoms with Crippen LogP contribution in [-0.2, 0) is 0 Å². The topological polar surface area (TPSA) is 54.9 Å². The standard InChI is InChI=1S/C14H14N2O2/c1-9-8-16(14(18)15-13(9)17)12-7-11(12)10-5-3-2-4-6-10/h2-6,8,11-12H,7H2,1H3,(H,15,17,18)/t11-,12+/m1/s1. The van der Waals surface area contributed by atoms with Gasteiger partial charge in [0.05, 0.1) is 0 Å². The first kappa shape index (κ1) is 11.0. The molecule has 1 fully saturated rings. The fraction of sp³-hybridized carbons (Fsp3) is 0.286. The van der Waals surface area contributed by atoms with Gasteiger partial charge in [0.1, 0.15) is 0 Å². The van der Waals surface area contributed by atoms with Crippen molar-refractivity contribution in [3.05, 3.63) is 68.5 Å². The molecule has 1 aromatic carbocycles. The van der Waals surface area contributed by atoms with Crippen LogP contribution in [0.1, 0.15) is 29.5 Å². The molecule has 2 atom stereocenters. The molecular weight excluding hydrogens is 228 g/mol. The number of nitrogens with one attached hydrogen (secondary N) is 1. The van der Waals surface area contributed by atoms with E-state index in [1.54, 1.807) is 17.7 Å². The van der Waals surface area contributed by atoms with E-state index in [1.807, 2.05) is 18.2 Å². The highest BCUT2D eigenvalue weighted by molar-refractivity contribution is 5.27. The van der Waals surface area contributed by atoms with Crippen LogP contribution < -0.4 is 11.2 Å². The lowest BCUT2D eigenvalue weighted by atomic mass is 10.1. The monoisotopic (exact) mass is 242 g/mol. The maximum absolute atomic E-state index is 11.8. The summed E-state index contributed by atoms with van der Waals surface area (Å²) in [7, 11) is 0. The van der Waals surface area contributed by atoms with Crippen LogP contribution in [0, 0.1) is 6.92 Å². The molecular formula is C14H14N2O2. The molecule has 18 heavy (non-hydrogen) atoms. The molecule has 0 bridgehead atoms. The molecule has 1 heterocycles. The smallest absolute Gasteiger partial charge is 0.297 e. The molecule has 1 saturated carbocycles. The van der Waals surface area contributed by atoms with Gasteiger partial charge < -0.3 is 0 Å². The zero-order valence-electron chi connectivity index (χ0n) is 10.1. The minimum absolute atomic E-state index is 0.176. The molecule has 0 saturated heterocycles. The molecule has 0 spiro atoms. The summed E-state index contributed by atoms with van der Waals surface area (Å²) < 4.78 is 1.65. The predicted octanol–water partition coefficient (Wildman–Crippen LogP) is 1.57. The molecule has 1 aliphatic carbocycles. The van der Waals surface area contributed by atoms with Gasteiger partial charge in [0, 0.05) is 23.7 Å². The lowest BCUT2D eigenvalue weighted by Gasteiger charge is -2.05. The molecule has 1 aromatic heterocycles. The highest BCUT2D eigenvalue weighted by Gasteiger charge is 2.40. The molecule has 0 amide bonds. The molecule has 1 N–H and O–H groups in total. The number of hydrogen-bond donors (Lipinski definition) is 1. The Bertz CT molecular complexity index is 685. The largest absolute Gasteiger partial charge is 0.328 e. The summed E-state index contributed by atoms with van der Waals surface area (Å²) >= 11 is 0. The number of benzene rings is 1. The summed E-state index contributed by atoms with van der Waals surface area (Å²) in [5.41, 5.74) is 1.22. The SMILES string of the molecule is Cc1cn([C@H]2C[C@@H]2c2ccccc2)c(=O)[nH]c1=O. The van der Waals surface area contributed by atoms with Gasteiger partial charge in [-0.05, 0) is 18.9 Å². The fourth-order valence-corrected chi connectivity index (χ4v) is 2.38. The van der Waals surface area contributed by atoms with E-state index in [0.717, 1.165) is 6.42 Å². The minimum atomic E-state index is -0.311. The van der Waals surface area contributed by atoms with Crippen molar-refractivity contribution in [1.29, 1.82) is 0 Å². The highest BCUT2D eigenvalue weighted by Crippen LogP contribution is 2.50. The van der Waals surface area contributed by atoms with E-state index in [1.165, 1.54) is 5.56 Å². The molecule has 4 heteroatoms. The van der Waals surface area contributed by atoms with E-state index in [0.29, 0.717) is 11.5 Å². The Morgan fingerprint density at radius 1 is 1.22 bits per heavy atom. The number of H-pyrrole nitrogens is 1. The first-order chi connectivity index (χ1) is 8.66. The van der Waals surface area contributed by atoms with Crippen molar-refractivity contribution in [2.75, 3.05) is 0 Å². The first-order valence-corrected chi connectivity index (χ1v) is 6.04. The highest BCUT2D eigenvalue weighted by atomic mass is 16.2. The van der Waals surface area contributed by atoms with Crippen LogP contribution in [0.15, 0.2) is 46.1 Å². The third-order valence-corrected chi connectivity index (χ3v) is 3.49. The van der Waals surface area contributed by atoms with Crippen molar-refractivity contribution in [2.24, 2.45) is 0 Å². The van der Waals surface area contributed by atoms with Crippen molar-refractivity contribution in [3.8, 4) is 0 Å². The van der Waals surface area contributed by atoms with Gasteiger partial charge in [0.2, 0.25) is 0 Å². The number of rotatable bonds is 2. The van der Waals surface area contributed by atoms with Gasteiger partial charge >= 0.3 is 5.69 Å². The number of aromatic nitrogens is 2. The number of aryl methyl sites for hydroxylation is 1. The summed E-state index contributed by atoms with van der Waals surface area (Å²) in [5, 5.41) is 0. The summed E-state index contributed by atoms with van der Waals surface area (Å²) in [5.74, 6) is 0.384. The van der Waals surface area contributed by atoms with Gasteiger partial charge in [-0.1, -0.05) is 30.3 Å². The second-order valence-corrected chi connectivity index (χ2v) is 4.80. The van der Waals surface area contributed by atoms with E-state index < -0.39 is 0 Å². The molecule has 2 aromatic rings. The molecule has 0 unspecified atom stereocenters. The molecule has 92 valence electrons. The van der Waals surface area contributed by atoms with Gasteiger partial charge in [0.25, 0.3) is 5.56 Å². The Kier molecular flexibility index (Phi) is 2.44.